The molecule has 4 aromatic carbocycles. The molecule has 54 heavy (non-hydrogen) atoms. The van der Waals surface area contributed by atoms with Gasteiger partial charge in [0.15, 0.2) is 0 Å². The Hall–Kier alpha value is -5.16. The summed E-state index contributed by atoms with van der Waals surface area (Å²) in [6.45, 7) is 2.24. The van der Waals surface area contributed by atoms with Gasteiger partial charge in [-0.15, -0.1) is 0 Å². The van der Waals surface area contributed by atoms with Gasteiger partial charge >= 0.3 is 29.8 Å². The number of carbonyl (C=O) groups excluding carboxylic acids is 2. The third kappa shape index (κ3) is 14.0. The Labute approximate surface area is 328 Å². The summed E-state index contributed by atoms with van der Waals surface area (Å²) in [6, 6.07) is 22.7. The van der Waals surface area contributed by atoms with Crippen molar-refractivity contribution in [3.63, 3.8) is 0 Å². The zero-order chi connectivity index (χ0) is 40.2. The molecular formula is C38H38BrNO12S2. The summed E-state index contributed by atoms with van der Waals surface area (Å²) < 4.78 is 4.51. The molecule has 0 spiro atoms. The summed E-state index contributed by atoms with van der Waals surface area (Å²) in [5, 5.41) is 46.0. The number of thioether (sulfide) groups is 1. The largest absolute Gasteiger partial charge is 0.478 e. The molecule has 0 aliphatic rings. The van der Waals surface area contributed by atoms with Crippen LogP contribution in [-0.4, -0.2) is 90.6 Å². The van der Waals surface area contributed by atoms with Crippen LogP contribution in [0.3, 0.4) is 0 Å². The van der Waals surface area contributed by atoms with Crippen LogP contribution >= 0.6 is 40.3 Å². The highest BCUT2D eigenvalue weighted by atomic mass is 79.9. The van der Waals surface area contributed by atoms with Gasteiger partial charge in [-0.05, 0) is 88.9 Å². The van der Waals surface area contributed by atoms with E-state index in [2.05, 4.69) is 33.3 Å². The van der Waals surface area contributed by atoms with Crippen molar-refractivity contribution in [1.29, 1.82) is 0 Å². The Morgan fingerprint density at radius 3 is 1.54 bits per heavy atom. The van der Waals surface area contributed by atoms with Crippen LogP contribution in [0.1, 0.15) is 59.5 Å². The van der Waals surface area contributed by atoms with Crippen molar-refractivity contribution in [2.75, 3.05) is 29.2 Å². The predicted molar refractivity (Wildman–Crippen MR) is 211 cm³/mol. The van der Waals surface area contributed by atoms with Gasteiger partial charge in [0, 0.05) is 0 Å². The van der Waals surface area contributed by atoms with E-state index >= 15 is 0 Å². The normalized spacial score (nSPS) is 10.1. The van der Waals surface area contributed by atoms with Crippen molar-refractivity contribution in [2.24, 2.45) is 0 Å². The first kappa shape index (κ1) is 45.0. The van der Waals surface area contributed by atoms with E-state index in [4.69, 9.17) is 15.4 Å². The number of aromatic carboxylic acids is 4. The van der Waals surface area contributed by atoms with Crippen molar-refractivity contribution in [1.82, 2.24) is 5.48 Å². The van der Waals surface area contributed by atoms with E-state index in [-0.39, 0.29) is 34.0 Å². The Morgan fingerprint density at radius 1 is 0.704 bits per heavy atom. The Balaban J connectivity index is 0.000000322. The second kappa shape index (κ2) is 23.5. The molecule has 1 amide bonds. The maximum absolute atomic E-state index is 11.8. The first-order valence-electron chi connectivity index (χ1n) is 16.0. The molecule has 16 heteroatoms. The van der Waals surface area contributed by atoms with Gasteiger partial charge in [-0.3, -0.25) is 14.8 Å². The van der Waals surface area contributed by atoms with Crippen LogP contribution in [-0.2, 0) is 27.2 Å². The van der Waals surface area contributed by atoms with Crippen molar-refractivity contribution in [2.45, 2.75) is 19.8 Å². The van der Waals surface area contributed by atoms with Crippen LogP contribution in [0.2, 0.25) is 0 Å². The van der Waals surface area contributed by atoms with Gasteiger partial charge in [0.25, 0.3) is 5.91 Å². The Kier molecular flexibility index (Phi) is 19.6. The molecule has 4 rings (SSSR count). The zero-order valence-corrected chi connectivity index (χ0v) is 32.2. The maximum atomic E-state index is 11.8. The molecule has 286 valence electrons. The summed E-state index contributed by atoms with van der Waals surface area (Å²) in [4.78, 5) is 66.7. The van der Waals surface area contributed by atoms with E-state index in [9.17, 15) is 39.0 Å². The fourth-order valence-electron chi connectivity index (χ4n) is 4.94. The number of carboxylic acids is 4. The van der Waals surface area contributed by atoms with E-state index in [0.29, 0.717) is 69.7 Å². The second-order valence-electron chi connectivity index (χ2n) is 10.8. The van der Waals surface area contributed by atoms with Crippen molar-refractivity contribution in [3.8, 4) is 22.3 Å². The lowest BCUT2D eigenvalue weighted by Crippen LogP contribution is -2.20. The number of thiol groups is 1. The van der Waals surface area contributed by atoms with E-state index in [0.717, 1.165) is 0 Å². The maximum Gasteiger partial charge on any atom is 0.336 e. The highest BCUT2D eigenvalue weighted by molar-refractivity contribution is 9.09. The third-order valence-electron chi connectivity index (χ3n) is 7.24. The van der Waals surface area contributed by atoms with Crippen LogP contribution in [0.25, 0.3) is 22.3 Å². The zero-order valence-electron chi connectivity index (χ0n) is 28.9. The number of carboxylic acid groups (broad SMARTS) is 4. The molecule has 0 saturated heterocycles. The molecular weight excluding hydrogens is 806 g/mol. The summed E-state index contributed by atoms with van der Waals surface area (Å²) in [6.07, 6.45) is 0.953. The highest BCUT2D eigenvalue weighted by Gasteiger charge is 2.19. The summed E-state index contributed by atoms with van der Waals surface area (Å²) in [7, 11) is 0. The lowest BCUT2D eigenvalue weighted by Gasteiger charge is -2.12. The third-order valence-corrected chi connectivity index (χ3v) is 8.88. The van der Waals surface area contributed by atoms with E-state index in [1.165, 1.54) is 41.5 Å². The van der Waals surface area contributed by atoms with Gasteiger partial charge in [0.1, 0.15) is 5.33 Å². The number of aryl methyl sites for hydroxylation is 2. The minimum atomic E-state index is -1.10. The number of halogens is 1. The smallest absolute Gasteiger partial charge is 0.336 e. The lowest BCUT2D eigenvalue weighted by atomic mass is 9.93. The number of hydrogen-bond donors (Lipinski definition) is 7. The van der Waals surface area contributed by atoms with E-state index in [1.807, 2.05) is 0 Å². The Morgan fingerprint density at radius 2 is 1.17 bits per heavy atom. The molecule has 0 heterocycles. The molecule has 0 radical (unpaired) electrons. The van der Waals surface area contributed by atoms with Crippen LogP contribution in [0.4, 0.5) is 0 Å². The predicted octanol–water partition coefficient (Wildman–Crippen LogP) is 6.70. The van der Waals surface area contributed by atoms with E-state index in [1.54, 1.807) is 67.6 Å². The first-order chi connectivity index (χ1) is 25.8. The number of benzene rings is 4. The molecule has 0 unspecified atom stereocenters. The SMILES string of the molecule is CCOC(=O)CBr.O=C(CSCCc1cccc(-c2cccc(C(=O)O)c2)c1C(=O)O)NO.O=C(O)c1cccc(-c2cccc(CCS)c2C(=O)O)c1. The molecule has 4 aromatic rings. The molecule has 0 atom stereocenters. The topological polar surface area (TPSA) is 225 Å². The standard InChI is InChI=1S/C18H17NO6S.C16H14O4S.C4H7BrO2/c20-15(19-25)10-26-8-7-11-3-2-6-14(16(11)18(23)24)12-4-1-5-13(9-12)17(21)22;17-15(18)12-5-1-4-11(9-12)13-6-2-3-10(7-8-21)14(13)16(19)20;1-2-7-4(6)3-5/h1-6,9,25H,7-8,10H2,(H,19,20)(H,21,22)(H,23,24);1-6,9,21H,7-8H2,(H,17,18)(H,19,20);2-3H2,1H3. The first-order valence-corrected chi connectivity index (χ1v) is 18.9. The summed E-state index contributed by atoms with van der Waals surface area (Å²) in [5.41, 5.74) is 5.39. The highest BCUT2D eigenvalue weighted by Crippen LogP contribution is 2.29. The lowest BCUT2D eigenvalue weighted by molar-refractivity contribution is -0.139. The van der Waals surface area contributed by atoms with E-state index < -0.39 is 29.8 Å². The number of rotatable bonds is 15. The molecule has 13 nitrogen and oxygen atoms in total. The molecule has 0 bridgehead atoms. The average molecular weight is 845 g/mol. The Bertz CT molecular complexity index is 1950. The molecule has 0 aliphatic heterocycles. The fraction of sp³-hybridized carbons (Fsp3) is 0.211. The number of hydroxylamine groups is 1. The van der Waals surface area contributed by atoms with Crippen molar-refractivity contribution < 1.29 is 59.1 Å². The number of nitrogens with one attached hydrogen (secondary N) is 1. The van der Waals surface area contributed by atoms with Crippen LogP contribution in [0.15, 0.2) is 84.9 Å². The van der Waals surface area contributed by atoms with Gasteiger partial charge in [-0.25, -0.2) is 24.7 Å². The number of ether oxygens (including phenoxy) is 1. The minimum absolute atomic E-state index is 0.0687. The monoisotopic (exact) mass is 843 g/mol. The fourth-order valence-corrected chi connectivity index (χ4v) is 6.10. The number of hydrogen-bond acceptors (Lipinski definition) is 10. The molecule has 0 saturated carbocycles. The van der Waals surface area contributed by atoms with Gasteiger partial charge in [0.05, 0.1) is 34.6 Å². The van der Waals surface area contributed by atoms with Crippen LogP contribution in [0.5, 0.6) is 0 Å². The minimum Gasteiger partial charge on any atom is -0.478 e. The van der Waals surface area contributed by atoms with Crippen LogP contribution < -0.4 is 5.48 Å². The summed E-state index contributed by atoms with van der Waals surface area (Å²) >= 11 is 8.35. The molecule has 6 N–H and O–H groups in total. The second-order valence-corrected chi connectivity index (χ2v) is 12.9. The number of alkyl halides is 1. The quantitative estimate of drug-likeness (QED) is 0.0165. The van der Waals surface area contributed by atoms with Crippen molar-refractivity contribution in [3.05, 3.63) is 118 Å². The number of esters is 1. The van der Waals surface area contributed by atoms with Gasteiger partial charge in [-0.1, -0.05) is 76.6 Å². The molecule has 0 aromatic heterocycles. The number of amides is 1. The summed E-state index contributed by atoms with van der Waals surface area (Å²) in [5.74, 6) is -3.88. The van der Waals surface area contributed by atoms with Gasteiger partial charge < -0.3 is 25.2 Å². The molecule has 0 fully saturated rings. The number of carbonyl (C=O) groups is 6. The molecule has 0 aliphatic carbocycles. The average Bonchev–Trinajstić information content (AvgIpc) is 3.16. The van der Waals surface area contributed by atoms with Gasteiger partial charge in [0.2, 0.25) is 0 Å². The van der Waals surface area contributed by atoms with Crippen molar-refractivity contribution >= 4 is 76.1 Å². The van der Waals surface area contributed by atoms with Gasteiger partial charge in [-0.2, -0.15) is 24.4 Å². The van der Waals surface area contributed by atoms with Crippen LogP contribution in [0, 0.1) is 0 Å².